The van der Waals surface area contributed by atoms with Gasteiger partial charge < -0.3 is 10.6 Å². The van der Waals surface area contributed by atoms with Crippen LogP contribution in [0.2, 0.25) is 0 Å². The number of hydrogen-bond acceptors (Lipinski definition) is 4. The van der Waals surface area contributed by atoms with Gasteiger partial charge in [-0.25, -0.2) is 8.91 Å². The van der Waals surface area contributed by atoms with Gasteiger partial charge in [0.05, 0.1) is 6.20 Å². The highest BCUT2D eigenvalue weighted by atomic mass is 19.1. The lowest BCUT2D eigenvalue weighted by Gasteiger charge is -2.28. The van der Waals surface area contributed by atoms with E-state index in [0.717, 1.165) is 25.9 Å². The molecule has 1 saturated heterocycles. The molecule has 6 heteroatoms. The molecule has 90 valence electrons. The number of rotatable bonds is 1. The summed E-state index contributed by atoms with van der Waals surface area (Å²) in [6.07, 6.45) is 3.23. The second-order valence-electron chi connectivity index (χ2n) is 4.39. The number of halogens is 1. The second kappa shape index (κ2) is 3.96. The normalized spacial score (nSPS) is 17.9. The van der Waals surface area contributed by atoms with E-state index in [2.05, 4.69) is 15.0 Å². The molecule has 2 N–H and O–H groups in total. The molecule has 1 fully saturated rings. The Morgan fingerprint density at radius 2 is 2.06 bits per heavy atom. The Bertz CT molecular complexity index is 530. The number of pyridine rings is 1. The third kappa shape index (κ3) is 1.95. The van der Waals surface area contributed by atoms with Crippen LogP contribution < -0.4 is 10.6 Å². The van der Waals surface area contributed by atoms with Gasteiger partial charge in [0, 0.05) is 19.1 Å². The lowest BCUT2D eigenvalue weighted by Crippen LogP contribution is -2.40. The van der Waals surface area contributed by atoms with Gasteiger partial charge in [-0.15, -0.1) is 5.10 Å². The molecule has 0 atom stereocenters. The molecule has 2 aromatic rings. The number of hydrogen-bond donors (Lipinski definition) is 1. The van der Waals surface area contributed by atoms with Gasteiger partial charge in [-0.2, -0.15) is 4.98 Å². The summed E-state index contributed by atoms with van der Waals surface area (Å²) in [5.74, 6) is 0.345. The first-order chi connectivity index (χ1) is 8.22. The highest BCUT2D eigenvalue weighted by Crippen LogP contribution is 2.16. The Labute approximate surface area is 98.0 Å². The average Bonchev–Trinajstić information content (AvgIpc) is 2.72. The Kier molecular flexibility index (Phi) is 2.44. The van der Waals surface area contributed by atoms with Crippen molar-refractivity contribution in [1.82, 2.24) is 14.6 Å². The van der Waals surface area contributed by atoms with Gasteiger partial charge in [0.1, 0.15) is 5.82 Å². The molecule has 17 heavy (non-hydrogen) atoms. The van der Waals surface area contributed by atoms with Crippen LogP contribution >= 0.6 is 0 Å². The number of aromatic nitrogens is 3. The minimum absolute atomic E-state index is 0.278. The summed E-state index contributed by atoms with van der Waals surface area (Å²) in [7, 11) is 0. The average molecular weight is 235 g/mol. The van der Waals surface area contributed by atoms with Crippen LogP contribution in [-0.4, -0.2) is 33.7 Å². The van der Waals surface area contributed by atoms with E-state index in [-0.39, 0.29) is 11.9 Å². The Hall–Kier alpha value is -1.69. The van der Waals surface area contributed by atoms with Crippen LogP contribution in [0.3, 0.4) is 0 Å². The fourth-order valence-corrected chi connectivity index (χ4v) is 2.08. The Morgan fingerprint density at radius 3 is 2.82 bits per heavy atom. The van der Waals surface area contributed by atoms with Crippen molar-refractivity contribution in [1.29, 1.82) is 0 Å². The molecule has 0 unspecified atom stereocenters. The molecule has 3 heterocycles. The molecule has 3 rings (SSSR count). The lowest BCUT2D eigenvalue weighted by molar-refractivity contribution is 0.495. The van der Waals surface area contributed by atoms with Crippen molar-refractivity contribution in [2.75, 3.05) is 18.0 Å². The first-order valence-corrected chi connectivity index (χ1v) is 5.75. The predicted octanol–water partition coefficient (Wildman–Crippen LogP) is 0.796. The van der Waals surface area contributed by atoms with Crippen LogP contribution in [0.1, 0.15) is 12.8 Å². The summed E-state index contributed by atoms with van der Waals surface area (Å²) in [4.78, 5) is 6.46. The molecule has 1 aliphatic heterocycles. The van der Waals surface area contributed by atoms with Gasteiger partial charge in [-0.05, 0) is 25.0 Å². The van der Waals surface area contributed by atoms with Gasteiger partial charge >= 0.3 is 0 Å². The molecule has 2 aromatic heterocycles. The van der Waals surface area contributed by atoms with E-state index in [4.69, 9.17) is 5.73 Å². The van der Waals surface area contributed by atoms with Crippen molar-refractivity contribution in [3.8, 4) is 0 Å². The SMILES string of the molecule is NC1CCN(c2nc3ccc(F)cn3n2)CC1. The summed E-state index contributed by atoms with van der Waals surface area (Å²) >= 11 is 0. The summed E-state index contributed by atoms with van der Waals surface area (Å²) in [5.41, 5.74) is 6.51. The van der Waals surface area contributed by atoms with Crippen molar-refractivity contribution in [2.45, 2.75) is 18.9 Å². The molecule has 5 nitrogen and oxygen atoms in total. The minimum atomic E-state index is -0.311. The standard InChI is InChI=1S/C11H14FN5/c12-8-1-2-10-14-11(15-17(10)7-8)16-5-3-9(13)4-6-16/h1-2,7,9H,3-6,13H2. The molecule has 0 spiro atoms. The summed E-state index contributed by atoms with van der Waals surface area (Å²) in [6, 6.07) is 3.29. The Morgan fingerprint density at radius 1 is 1.29 bits per heavy atom. The topological polar surface area (TPSA) is 59.5 Å². The van der Waals surface area contributed by atoms with Crippen molar-refractivity contribution in [3.63, 3.8) is 0 Å². The van der Waals surface area contributed by atoms with Gasteiger partial charge in [0.2, 0.25) is 5.95 Å². The molecule has 0 aliphatic carbocycles. The quantitative estimate of drug-likeness (QED) is 0.794. The first-order valence-electron chi connectivity index (χ1n) is 5.75. The largest absolute Gasteiger partial charge is 0.339 e. The first kappa shape index (κ1) is 10.5. The van der Waals surface area contributed by atoms with E-state index in [1.807, 2.05) is 0 Å². The van der Waals surface area contributed by atoms with Gasteiger partial charge in [0.15, 0.2) is 5.65 Å². The molecular weight excluding hydrogens is 221 g/mol. The van der Waals surface area contributed by atoms with Crippen LogP contribution in [0.5, 0.6) is 0 Å². The van der Waals surface area contributed by atoms with Crippen molar-refractivity contribution in [3.05, 3.63) is 24.1 Å². The minimum Gasteiger partial charge on any atom is -0.339 e. The second-order valence-corrected chi connectivity index (χ2v) is 4.39. The van der Waals surface area contributed by atoms with E-state index in [1.165, 1.54) is 16.8 Å². The number of fused-ring (bicyclic) bond motifs is 1. The smallest absolute Gasteiger partial charge is 0.245 e. The van der Waals surface area contributed by atoms with Crippen LogP contribution in [-0.2, 0) is 0 Å². The zero-order valence-electron chi connectivity index (χ0n) is 9.38. The molecular formula is C11H14FN5. The third-order valence-electron chi connectivity index (χ3n) is 3.11. The lowest BCUT2D eigenvalue weighted by atomic mass is 10.1. The molecule has 0 amide bonds. The molecule has 0 aromatic carbocycles. The molecule has 0 radical (unpaired) electrons. The number of piperidine rings is 1. The third-order valence-corrected chi connectivity index (χ3v) is 3.11. The summed E-state index contributed by atoms with van der Waals surface area (Å²) in [5, 5.41) is 4.27. The van der Waals surface area contributed by atoms with Crippen LogP contribution in [0.15, 0.2) is 18.3 Å². The predicted molar refractivity (Wildman–Crippen MR) is 62.4 cm³/mol. The zero-order valence-corrected chi connectivity index (χ0v) is 9.38. The monoisotopic (exact) mass is 235 g/mol. The summed E-state index contributed by atoms with van der Waals surface area (Å²) in [6.45, 7) is 1.72. The number of anilines is 1. The van der Waals surface area contributed by atoms with Crippen molar-refractivity contribution >= 4 is 11.6 Å². The number of nitrogens with two attached hydrogens (primary N) is 1. The molecule has 0 bridgehead atoms. The van der Waals surface area contributed by atoms with Crippen LogP contribution in [0.25, 0.3) is 5.65 Å². The van der Waals surface area contributed by atoms with Gasteiger partial charge in [0.25, 0.3) is 0 Å². The fraction of sp³-hybridized carbons (Fsp3) is 0.455. The molecule has 1 aliphatic rings. The van der Waals surface area contributed by atoms with E-state index >= 15 is 0 Å². The summed E-state index contributed by atoms with van der Waals surface area (Å²) < 4.78 is 14.5. The van der Waals surface area contributed by atoms with Crippen LogP contribution in [0.4, 0.5) is 10.3 Å². The van der Waals surface area contributed by atoms with E-state index < -0.39 is 0 Å². The maximum atomic E-state index is 13.0. The van der Waals surface area contributed by atoms with E-state index in [1.54, 1.807) is 6.07 Å². The van der Waals surface area contributed by atoms with E-state index in [9.17, 15) is 4.39 Å². The highest BCUT2D eigenvalue weighted by Gasteiger charge is 2.19. The van der Waals surface area contributed by atoms with Gasteiger partial charge in [-0.3, -0.25) is 0 Å². The highest BCUT2D eigenvalue weighted by molar-refractivity contribution is 5.44. The zero-order chi connectivity index (χ0) is 11.8. The molecule has 0 saturated carbocycles. The van der Waals surface area contributed by atoms with Crippen molar-refractivity contribution < 1.29 is 4.39 Å². The maximum absolute atomic E-state index is 13.0. The maximum Gasteiger partial charge on any atom is 0.245 e. The van der Waals surface area contributed by atoms with Crippen LogP contribution in [0, 0.1) is 5.82 Å². The fourth-order valence-electron chi connectivity index (χ4n) is 2.08. The number of nitrogens with zero attached hydrogens (tertiary/aromatic N) is 4. The Balaban J connectivity index is 1.90. The van der Waals surface area contributed by atoms with Gasteiger partial charge in [-0.1, -0.05) is 0 Å². The van der Waals surface area contributed by atoms with E-state index in [0.29, 0.717) is 11.6 Å². The van der Waals surface area contributed by atoms with Crippen molar-refractivity contribution in [2.24, 2.45) is 5.73 Å².